The van der Waals surface area contributed by atoms with Gasteiger partial charge in [-0.25, -0.2) is 0 Å². The largest absolute Gasteiger partial charge is 0.497 e. The third-order valence-corrected chi connectivity index (χ3v) is 3.59. The van der Waals surface area contributed by atoms with E-state index >= 15 is 0 Å². The summed E-state index contributed by atoms with van der Waals surface area (Å²) in [6.45, 7) is 3.80. The van der Waals surface area contributed by atoms with Crippen molar-refractivity contribution in [3.8, 4) is 5.75 Å². The van der Waals surface area contributed by atoms with Crippen LogP contribution in [0.5, 0.6) is 5.75 Å². The van der Waals surface area contributed by atoms with E-state index in [1.165, 1.54) is 0 Å². The minimum absolute atomic E-state index is 0.137. The van der Waals surface area contributed by atoms with Crippen LogP contribution < -0.4 is 10.5 Å². The van der Waals surface area contributed by atoms with E-state index in [1.807, 2.05) is 19.9 Å². The molecule has 0 radical (unpaired) electrons. The molecule has 4 heteroatoms. The number of halogens is 1. The first-order valence-corrected chi connectivity index (χ1v) is 6.56. The zero-order valence-electron chi connectivity index (χ0n) is 11.7. The minimum atomic E-state index is -0.137. The number of hydrogen-bond donors (Lipinski definition) is 1. The Morgan fingerprint density at radius 1 is 1.10 bits per heavy atom. The van der Waals surface area contributed by atoms with Crippen LogP contribution in [0.3, 0.4) is 0 Å². The number of carbonyl (C=O) groups is 1. The summed E-state index contributed by atoms with van der Waals surface area (Å²) < 4.78 is 5.08. The summed E-state index contributed by atoms with van der Waals surface area (Å²) in [5, 5.41) is 0.368. The van der Waals surface area contributed by atoms with Crippen molar-refractivity contribution < 1.29 is 9.53 Å². The first-order valence-electron chi connectivity index (χ1n) is 6.19. The van der Waals surface area contributed by atoms with Gasteiger partial charge in [0, 0.05) is 16.8 Å². The van der Waals surface area contributed by atoms with Gasteiger partial charge in [0.25, 0.3) is 0 Å². The average molecular weight is 290 g/mol. The molecule has 0 bridgehead atoms. The van der Waals surface area contributed by atoms with E-state index in [0.29, 0.717) is 27.6 Å². The normalized spacial score (nSPS) is 10.4. The van der Waals surface area contributed by atoms with Gasteiger partial charge in [-0.15, -0.1) is 0 Å². The number of methoxy groups -OCH3 is 1. The number of benzene rings is 2. The number of ether oxygens (including phenoxy) is 1. The first-order chi connectivity index (χ1) is 9.43. The molecule has 20 heavy (non-hydrogen) atoms. The summed E-state index contributed by atoms with van der Waals surface area (Å²) in [4.78, 5) is 12.6. The van der Waals surface area contributed by atoms with Gasteiger partial charge in [-0.05, 0) is 49.2 Å². The van der Waals surface area contributed by atoms with E-state index in [9.17, 15) is 4.79 Å². The van der Waals surface area contributed by atoms with Crippen molar-refractivity contribution in [2.75, 3.05) is 12.8 Å². The smallest absolute Gasteiger partial charge is 0.194 e. The molecule has 0 aliphatic rings. The van der Waals surface area contributed by atoms with Crippen LogP contribution in [-0.2, 0) is 0 Å². The monoisotopic (exact) mass is 289 g/mol. The van der Waals surface area contributed by atoms with Crippen molar-refractivity contribution in [2.24, 2.45) is 0 Å². The zero-order valence-corrected chi connectivity index (χ0v) is 12.4. The number of ketones is 1. The Kier molecular flexibility index (Phi) is 4.00. The molecule has 0 atom stereocenters. The van der Waals surface area contributed by atoms with Gasteiger partial charge in [-0.3, -0.25) is 4.79 Å². The number of nitrogens with two attached hydrogens (primary N) is 1. The molecule has 2 aromatic carbocycles. The number of anilines is 1. The van der Waals surface area contributed by atoms with Crippen LogP contribution in [0.15, 0.2) is 30.3 Å². The third kappa shape index (κ3) is 2.63. The Hall–Kier alpha value is -2.00. The lowest BCUT2D eigenvalue weighted by molar-refractivity contribution is 0.103. The Labute approximate surface area is 123 Å². The summed E-state index contributed by atoms with van der Waals surface area (Å²) in [5.74, 6) is 0.480. The van der Waals surface area contributed by atoms with Crippen LogP contribution in [0.1, 0.15) is 27.0 Å². The van der Waals surface area contributed by atoms with Gasteiger partial charge >= 0.3 is 0 Å². The number of carbonyl (C=O) groups excluding carboxylic acids is 1. The molecular formula is C16H16ClNO2. The number of hydrogen-bond acceptors (Lipinski definition) is 3. The first kappa shape index (κ1) is 14.4. The van der Waals surface area contributed by atoms with Crippen LogP contribution in [0.25, 0.3) is 0 Å². The van der Waals surface area contributed by atoms with Gasteiger partial charge in [0.2, 0.25) is 0 Å². The topological polar surface area (TPSA) is 52.3 Å². The molecular weight excluding hydrogens is 274 g/mol. The molecule has 2 aromatic rings. The fourth-order valence-electron chi connectivity index (χ4n) is 2.07. The number of aryl methyl sites for hydroxylation is 2. The Morgan fingerprint density at radius 2 is 1.80 bits per heavy atom. The number of nitrogen functional groups attached to an aromatic ring is 1. The summed E-state index contributed by atoms with van der Waals surface area (Å²) >= 11 is 6.14. The molecule has 0 aromatic heterocycles. The number of rotatable bonds is 3. The van der Waals surface area contributed by atoms with Crippen molar-refractivity contribution in [1.82, 2.24) is 0 Å². The molecule has 0 aliphatic heterocycles. The quantitative estimate of drug-likeness (QED) is 0.691. The van der Waals surface area contributed by atoms with Crippen molar-refractivity contribution in [2.45, 2.75) is 13.8 Å². The van der Waals surface area contributed by atoms with E-state index in [2.05, 4.69) is 0 Å². The zero-order chi connectivity index (χ0) is 14.9. The molecule has 2 rings (SSSR count). The van der Waals surface area contributed by atoms with Gasteiger partial charge < -0.3 is 10.5 Å². The van der Waals surface area contributed by atoms with E-state index in [1.54, 1.807) is 31.4 Å². The predicted octanol–water partition coefficient (Wildman–Crippen LogP) is 3.78. The molecule has 0 unspecified atom stereocenters. The average Bonchev–Trinajstić information content (AvgIpc) is 2.42. The molecule has 0 fully saturated rings. The van der Waals surface area contributed by atoms with Crippen LogP contribution in [0, 0.1) is 13.8 Å². The fraction of sp³-hybridized carbons (Fsp3) is 0.188. The van der Waals surface area contributed by atoms with E-state index in [0.717, 1.165) is 11.1 Å². The second-order valence-corrected chi connectivity index (χ2v) is 5.11. The fourth-order valence-corrected chi connectivity index (χ4v) is 2.32. The molecule has 0 amide bonds. The summed E-state index contributed by atoms with van der Waals surface area (Å²) in [6, 6.07) is 8.61. The maximum absolute atomic E-state index is 12.6. The maximum atomic E-state index is 12.6. The van der Waals surface area contributed by atoms with Gasteiger partial charge in [-0.2, -0.15) is 0 Å². The second kappa shape index (κ2) is 5.55. The Bertz CT molecular complexity index is 680. The Balaban J connectivity index is 2.49. The van der Waals surface area contributed by atoms with Crippen molar-refractivity contribution in [3.05, 3.63) is 57.6 Å². The second-order valence-electron chi connectivity index (χ2n) is 4.70. The molecule has 0 saturated heterocycles. The van der Waals surface area contributed by atoms with Crippen LogP contribution >= 0.6 is 11.6 Å². The van der Waals surface area contributed by atoms with Gasteiger partial charge in [0.1, 0.15) is 5.75 Å². The van der Waals surface area contributed by atoms with Crippen molar-refractivity contribution >= 4 is 23.1 Å². The predicted molar refractivity (Wildman–Crippen MR) is 81.8 cm³/mol. The van der Waals surface area contributed by atoms with Crippen molar-refractivity contribution in [1.29, 1.82) is 0 Å². The molecule has 104 valence electrons. The summed E-state index contributed by atoms with van der Waals surface area (Å²) in [5.41, 5.74) is 9.34. The third-order valence-electron chi connectivity index (χ3n) is 3.28. The highest BCUT2D eigenvalue weighted by atomic mass is 35.5. The van der Waals surface area contributed by atoms with Gasteiger partial charge in [-0.1, -0.05) is 17.7 Å². The van der Waals surface area contributed by atoms with Crippen LogP contribution in [-0.4, -0.2) is 12.9 Å². The Morgan fingerprint density at radius 3 is 2.40 bits per heavy atom. The van der Waals surface area contributed by atoms with E-state index < -0.39 is 0 Å². The lowest BCUT2D eigenvalue weighted by Gasteiger charge is -2.10. The lowest BCUT2D eigenvalue weighted by atomic mass is 9.96. The molecule has 0 saturated carbocycles. The molecule has 0 spiro atoms. The van der Waals surface area contributed by atoms with Crippen molar-refractivity contribution in [3.63, 3.8) is 0 Å². The van der Waals surface area contributed by atoms with Crippen LogP contribution in [0.2, 0.25) is 5.02 Å². The standard InChI is InChI=1S/C16H16ClNO2/c1-9-6-10(2)15(18)8-13(9)16(19)12-5-4-11(20-3)7-14(12)17/h4-8H,18H2,1-3H3. The maximum Gasteiger partial charge on any atom is 0.194 e. The summed E-state index contributed by atoms with van der Waals surface area (Å²) in [6.07, 6.45) is 0. The minimum Gasteiger partial charge on any atom is -0.497 e. The molecule has 0 aliphatic carbocycles. The molecule has 0 heterocycles. The SMILES string of the molecule is COc1ccc(C(=O)c2cc(N)c(C)cc2C)c(Cl)c1. The van der Waals surface area contributed by atoms with E-state index in [4.69, 9.17) is 22.1 Å². The van der Waals surface area contributed by atoms with Gasteiger partial charge in [0.05, 0.1) is 12.1 Å². The molecule has 2 N–H and O–H groups in total. The highest BCUT2D eigenvalue weighted by Gasteiger charge is 2.16. The highest BCUT2D eigenvalue weighted by Crippen LogP contribution is 2.27. The van der Waals surface area contributed by atoms with Gasteiger partial charge in [0.15, 0.2) is 5.78 Å². The lowest BCUT2D eigenvalue weighted by Crippen LogP contribution is -2.06. The molecule has 3 nitrogen and oxygen atoms in total. The van der Waals surface area contributed by atoms with E-state index in [-0.39, 0.29) is 5.78 Å². The highest BCUT2D eigenvalue weighted by molar-refractivity contribution is 6.35. The summed E-state index contributed by atoms with van der Waals surface area (Å²) in [7, 11) is 1.55. The van der Waals surface area contributed by atoms with Crippen LogP contribution in [0.4, 0.5) is 5.69 Å².